The number of ether oxygens (including phenoxy) is 1. The highest BCUT2D eigenvalue weighted by Gasteiger charge is 1.99. The fourth-order valence-electron chi connectivity index (χ4n) is 1.71. The van der Waals surface area contributed by atoms with E-state index in [-0.39, 0.29) is 5.56 Å². The van der Waals surface area contributed by atoms with Gasteiger partial charge in [-0.2, -0.15) is 0 Å². The predicted octanol–water partition coefficient (Wildman–Crippen LogP) is 3.68. The maximum atomic E-state index is 11.3. The minimum absolute atomic E-state index is 0.101. The molecule has 0 aliphatic carbocycles. The molecule has 4 nitrogen and oxygen atoms in total. The van der Waals surface area contributed by atoms with Crippen molar-refractivity contribution in [1.82, 2.24) is 9.97 Å². The number of halogens is 1. The summed E-state index contributed by atoms with van der Waals surface area (Å²) >= 11 is 7.36. The highest BCUT2D eigenvalue weighted by atomic mass is 35.5. The summed E-state index contributed by atoms with van der Waals surface area (Å²) in [7, 11) is 0. The van der Waals surface area contributed by atoms with E-state index < -0.39 is 0 Å². The molecule has 0 saturated carbocycles. The smallest absolute Gasteiger partial charge is 0.251 e. The summed E-state index contributed by atoms with van der Waals surface area (Å²) in [6.45, 7) is 2.49. The van der Waals surface area contributed by atoms with E-state index in [2.05, 4.69) is 9.97 Å². The molecule has 112 valence electrons. The predicted molar refractivity (Wildman–Crippen MR) is 86.5 cm³/mol. The first kappa shape index (κ1) is 15.9. The number of thioether (sulfide) groups is 1. The van der Waals surface area contributed by atoms with Gasteiger partial charge in [-0.3, -0.25) is 4.79 Å². The van der Waals surface area contributed by atoms with Crippen LogP contribution in [0.4, 0.5) is 0 Å². The van der Waals surface area contributed by atoms with Crippen LogP contribution in [0, 0.1) is 6.92 Å². The summed E-state index contributed by atoms with van der Waals surface area (Å²) in [6.07, 6.45) is 1.95. The fraction of sp³-hybridized carbons (Fsp3) is 0.333. The number of aryl methyl sites for hydroxylation is 1. The lowest BCUT2D eigenvalue weighted by Crippen LogP contribution is -2.08. The van der Waals surface area contributed by atoms with Crippen LogP contribution in [0.25, 0.3) is 0 Å². The zero-order valence-electron chi connectivity index (χ0n) is 11.8. The van der Waals surface area contributed by atoms with Crippen molar-refractivity contribution in [3.05, 3.63) is 51.4 Å². The lowest BCUT2D eigenvalue weighted by atomic mass is 10.3. The summed E-state index contributed by atoms with van der Waals surface area (Å²) in [4.78, 5) is 18.3. The van der Waals surface area contributed by atoms with Crippen LogP contribution in [0.5, 0.6) is 5.75 Å². The molecular weight excluding hydrogens is 308 g/mol. The van der Waals surface area contributed by atoms with Crippen molar-refractivity contribution in [2.75, 3.05) is 12.4 Å². The fourth-order valence-corrected chi connectivity index (χ4v) is 2.76. The molecule has 1 aromatic heterocycles. The van der Waals surface area contributed by atoms with Crippen LogP contribution in [0.1, 0.15) is 18.5 Å². The molecule has 0 atom stereocenters. The average molecular weight is 325 g/mol. The van der Waals surface area contributed by atoms with Gasteiger partial charge in [-0.1, -0.05) is 23.4 Å². The van der Waals surface area contributed by atoms with E-state index in [1.54, 1.807) is 11.8 Å². The zero-order valence-corrected chi connectivity index (χ0v) is 13.3. The summed E-state index contributed by atoms with van der Waals surface area (Å²) in [6, 6.07) is 8.83. The molecule has 0 radical (unpaired) electrons. The van der Waals surface area contributed by atoms with Crippen molar-refractivity contribution in [3.8, 4) is 5.75 Å². The molecule has 0 aliphatic rings. The maximum absolute atomic E-state index is 11.3. The van der Waals surface area contributed by atoms with E-state index in [1.165, 1.54) is 6.07 Å². The standard InChI is InChI=1S/C15H17ClN2O2S/c1-11-10-14(19)18-15(17-11)21-9-3-2-8-20-13-6-4-12(16)5-7-13/h4-7,10H,2-3,8-9H2,1H3,(H,17,18,19). The minimum Gasteiger partial charge on any atom is -0.494 e. The van der Waals surface area contributed by atoms with Crippen molar-refractivity contribution in [2.24, 2.45) is 0 Å². The number of hydrogen-bond donors (Lipinski definition) is 1. The molecule has 2 rings (SSSR count). The number of unbranched alkanes of at least 4 members (excludes halogenated alkanes) is 1. The van der Waals surface area contributed by atoms with Crippen LogP contribution in [-0.2, 0) is 0 Å². The summed E-state index contributed by atoms with van der Waals surface area (Å²) in [5, 5.41) is 1.39. The Morgan fingerprint density at radius 1 is 1.29 bits per heavy atom. The van der Waals surface area contributed by atoms with E-state index >= 15 is 0 Å². The van der Waals surface area contributed by atoms with Gasteiger partial charge >= 0.3 is 0 Å². The first-order valence-electron chi connectivity index (χ1n) is 6.72. The van der Waals surface area contributed by atoms with E-state index in [9.17, 15) is 4.79 Å². The van der Waals surface area contributed by atoms with Gasteiger partial charge in [-0.15, -0.1) is 0 Å². The quantitative estimate of drug-likeness (QED) is 0.479. The monoisotopic (exact) mass is 324 g/mol. The number of H-pyrrole nitrogens is 1. The second kappa shape index (κ2) is 8.10. The van der Waals surface area contributed by atoms with Crippen LogP contribution in [0.3, 0.4) is 0 Å². The second-order valence-corrected chi connectivity index (χ2v) is 6.07. The third-order valence-corrected chi connectivity index (χ3v) is 3.92. The average Bonchev–Trinajstić information content (AvgIpc) is 2.43. The van der Waals surface area contributed by atoms with Gasteiger partial charge in [0.15, 0.2) is 5.16 Å². The lowest BCUT2D eigenvalue weighted by molar-refractivity contribution is 0.310. The Labute approximate surface area is 132 Å². The van der Waals surface area contributed by atoms with Crippen molar-refractivity contribution < 1.29 is 4.74 Å². The first-order valence-corrected chi connectivity index (χ1v) is 8.09. The zero-order chi connectivity index (χ0) is 15.1. The van der Waals surface area contributed by atoms with Crippen LogP contribution in [-0.4, -0.2) is 22.3 Å². The number of benzene rings is 1. The Hall–Kier alpha value is -1.46. The number of hydrogen-bond acceptors (Lipinski definition) is 4. The van der Waals surface area contributed by atoms with Crippen LogP contribution < -0.4 is 10.3 Å². The van der Waals surface area contributed by atoms with Gasteiger partial charge in [-0.25, -0.2) is 4.98 Å². The second-order valence-electron chi connectivity index (χ2n) is 4.55. The minimum atomic E-state index is -0.101. The molecule has 0 saturated heterocycles. The molecule has 1 N–H and O–H groups in total. The van der Waals surface area contributed by atoms with E-state index in [0.717, 1.165) is 30.0 Å². The Kier molecular flexibility index (Phi) is 6.14. The molecule has 21 heavy (non-hydrogen) atoms. The van der Waals surface area contributed by atoms with Crippen molar-refractivity contribution in [2.45, 2.75) is 24.9 Å². The van der Waals surface area contributed by atoms with Gasteiger partial charge in [0.05, 0.1) is 6.61 Å². The van der Waals surface area contributed by atoms with E-state index in [1.807, 2.05) is 31.2 Å². The highest BCUT2D eigenvalue weighted by Crippen LogP contribution is 2.17. The van der Waals surface area contributed by atoms with Crippen LogP contribution in [0.15, 0.2) is 40.3 Å². The molecule has 1 heterocycles. The Morgan fingerprint density at radius 3 is 2.76 bits per heavy atom. The summed E-state index contributed by atoms with van der Waals surface area (Å²) in [5.74, 6) is 1.73. The van der Waals surface area contributed by atoms with Crippen LogP contribution in [0.2, 0.25) is 5.02 Å². The first-order chi connectivity index (χ1) is 10.1. The number of aromatic amines is 1. The Bertz CT molecular complexity index is 628. The van der Waals surface area contributed by atoms with E-state index in [0.29, 0.717) is 16.8 Å². The Morgan fingerprint density at radius 2 is 2.05 bits per heavy atom. The molecule has 0 fully saturated rings. The SMILES string of the molecule is Cc1cc(=O)[nH]c(SCCCCOc2ccc(Cl)cc2)n1. The third kappa shape index (κ3) is 5.81. The van der Waals surface area contributed by atoms with Gasteiger partial charge in [0.2, 0.25) is 0 Å². The number of aromatic nitrogens is 2. The highest BCUT2D eigenvalue weighted by molar-refractivity contribution is 7.99. The molecule has 1 aromatic carbocycles. The third-order valence-electron chi connectivity index (χ3n) is 2.71. The maximum Gasteiger partial charge on any atom is 0.251 e. The van der Waals surface area contributed by atoms with Gasteiger partial charge in [-0.05, 0) is 44.0 Å². The lowest BCUT2D eigenvalue weighted by Gasteiger charge is -2.06. The van der Waals surface area contributed by atoms with Gasteiger partial charge in [0.1, 0.15) is 5.75 Å². The van der Waals surface area contributed by atoms with Gasteiger partial charge in [0.25, 0.3) is 5.56 Å². The molecule has 0 unspecified atom stereocenters. The number of rotatable bonds is 7. The summed E-state index contributed by atoms with van der Waals surface area (Å²) in [5.41, 5.74) is 0.642. The normalized spacial score (nSPS) is 10.6. The molecule has 0 amide bonds. The molecule has 0 spiro atoms. The largest absolute Gasteiger partial charge is 0.494 e. The topological polar surface area (TPSA) is 55.0 Å². The number of nitrogens with one attached hydrogen (secondary N) is 1. The van der Waals surface area contributed by atoms with Crippen LogP contribution >= 0.6 is 23.4 Å². The van der Waals surface area contributed by atoms with Gasteiger partial charge in [0, 0.05) is 22.5 Å². The number of nitrogens with zero attached hydrogens (tertiary/aromatic N) is 1. The van der Waals surface area contributed by atoms with Gasteiger partial charge < -0.3 is 9.72 Å². The molecule has 0 aliphatic heterocycles. The van der Waals surface area contributed by atoms with Crippen molar-refractivity contribution in [1.29, 1.82) is 0 Å². The van der Waals surface area contributed by atoms with E-state index in [4.69, 9.17) is 16.3 Å². The summed E-state index contributed by atoms with van der Waals surface area (Å²) < 4.78 is 5.61. The van der Waals surface area contributed by atoms with Crippen molar-refractivity contribution in [3.63, 3.8) is 0 Å². The molecule has 6 heteroatoms. The van der Waals surface area contributed by atoms with Crippen molar-refractivity contribution >= 4 is 23.4 Å². The molecular formula is C15H17ClN2O2S. The molecule has 0 bridgehead atoms. The molecule has 2 aromatic rings. The Balaban J connectivity index is 1.64.